The highest BCUT2D eigenvalue weighted by atomic mass is 16.5. The van der Waals surface area contributed by atoms with Crippen LogP contribution in [0.4, 0.5) is 0 Å². The summed E-state index contributed by atoms with van der Waals surface area (Å²) in [6.45, 7) is 2.10. The molecule has 19 heavy (non-hydrogen) atoms. The second kappa shape index (κ2) is 5.75. The first-order valence-electron chi connectivity index (χ1n) is 6.22. The first kappa shape index (κ1) is 13.4. The van der Waals surface area contributed by atoms with E-state index in [9.17, 15) is 4.79 Å². The molecule has 0 aliphatic rings. The lowest BCUT2D eigenvalue weighted by Gasteiger charge is -2.08. The van der Waals surface area contributed by atoms with Gasteiger partial charge in [-0.3, -0.25) is 4.79 Å². The van der Waals surface area contributed by atoms with Crippen LogP contribution in [0, 0.1) is 0 Å². The molecule has 0 saturated carbocycles. The van der Waals surface area contributed by atoms with Crippen LogP contribution in [0.15, 0.2) is 24.3 Å². The summed E-state index contributed by atoms with van der Waals surface area (Å²) < 4.78 is 10.2. The highest BCUT2D eigenvalue weighted by Gasteiger charge is 2.16. The van der Waals surface area contributed by atoms with E-state index < -0.39 is 6.04 Å². The predicted octanol–water partition coefficient (Wildman–Crippen LogP) is 1.61. The van der Waals surface area contributed by atoms with Crippen molar-refractivity contribution < 1.29 is 14.3 Å². The Morgan fingerprint density at radius 1 is 1.47 bits per heavy atom. The minimum absolute atomic E-state index is 0.340. The van der Waals surface area contributed by atoms with Crippen LogP contribution in [-0.4, -0.2) is 30.7 Å². The van der Waals surface area contributed by atoms with Crippen molar-refractivity contribution in [1.82, 2.24) is 4.98 Å². The molecule has 2 aromatic rings. The molecule has 0 aliphatic carbocycles. The second-order valence-electron chi connectivity index (χ2n) is 4.28. The largest absolute Gasteiger partial charge is 0.495 e. The van der Waals surface area contributed by atoms with Crippen molar-refractivity contribution >= 4 is 16.9 Å². The van der Waals surface area contributed by atoms with E-state index in [0.29, 0.717) is 13.0 Å². The monoisotopic (exact) mass is 262 g/mol. The van der Waals surface area contributed by atoms with E-state index in [-0.39, 0.29) is 5.97 Å². The van der Waals surface area contributed by atoms with Crippen molar-refractivity contribution in [1.29, 1.82) is 0 Å². The molecule has 5 heteroatoms. The number of methoxy groups -OCH3 is 1. The fourth-order valence-electron chi connectivity index (χ4n) is 2.04. The highest BCUT2D eigenvalue weighted by Crippen LogP contribution is 2.25. The predicted molar refractivity (Wildman–Crippen MR) is 73.2 cm³/mol. The number of hydrogen-bond acceptors (Lipinski definition) is 4. The summed E-state index contributed by atoms with van der Waals surface area (Å²) in [5.41, 5.74) is 7.60. The SMILES string of the molecule is CCOC(=O)C(N)Cc1cc2cccc(OC)c2[nH]1. The summed E-state index contributed by atoms with van der Waals surface area (Å²) >= 11 is 0. The third-order valence-electron chi connectivity index (χ3n) is 2.92. The van der Waals surface area contributed by atoms with E-state index in [1.807, 2.05) is 24.3 Å². The average molecular weight is 262 g/mol. The smallest absolute Gasteiger partial charge is 0.323 e. The number of rotatable bonds is 5. The number of benzene rings is 1. The van der Waals surface area contributed by atoms with Crippen LogP contribution >= 0.6 is 0 Å². The Morgan fingerprint density at radius 3 is 2.95 bits per heavy atom. The lowest BCUT2D eigenvalue weighted by atomic mass is 10.1. The molecule has 0 aliphatic heterocycles. The molecule has 0 spiro atoms. The molecule has 5 nitrogen and oxygen atoms in total. The van der Waals surface area contributed by atoms with Gasteiger partial charge >= 0.3 is 5.97 Å². The van der Waals surface area contributed by atoms with Crippen molar-refractivity contribution in [2.75, 3.05) is 13.7 Å². The maximum Gasteiger partial charge on any atom is 0.323 e. The van der Waals surface area contributed by atoms with Crippen LogP contribution < -0.4 is 10.5 Å². The molecule has 1 atom stereocenters. The summed E-state index contributed by atoms with van der Waals surface area (Å²) in [6.07, 6.45) is 0.413. The van der Waals surface area contributed by atoms with Gasteiger partial charge in [0.25, 0.3) is 0 Å². The van der Waals surface area contributed by atoms with Crippen LogP contribution in [0.25, 0.3) is 10.9 Å². The number of aromatic amines is 1. The number of hydrogen-bond donors (Lipinski definition) is 2. The average Bonchev–Trinajstić information content (AvgIpc) is 2.80. The van der Waals surface area contributed by atoms with Gasteiger partial charge in [-0.1, -0.05) is 12.1 Å². The lowest BCUT2D eigenvalue weighted by Crippen LogP contribution is -2.34. The van der Waals surface area contributed by atoms with Crippen molar-refractivity contribution in [3.63, 3.8) is 0 Å². The van der Waals surface area contributed by atoms with E-state index in [4.69, 9.17) is 15.2 Å². The summed E-state index contributed by atoms with van der Waals surface area (Å²) in [5.74, 6) is 0.390. The highest BCUT2D eigenvalue weighted by molar-refractivity contribution is 5.86. The Balaban J connectivity index is 2.20. The molecule has 0 bridgehead atoms. The van der Waals surface area contributed by atoms with Crippen molar-refractivity contribution in [3.05, 3.63) is 30.0 Å². The molecule has 0 saturated heterocycles. The van der Waals surface area contributed by atoms with E-state index in [0.717, 1.165) is 22.3 Å². The number of carbonyl (C=O) groups is 1. The lowest BCUT2D eigenvalue weighted by molar-refractivity contribution is -0.144. The molecule has 3 N–H and O–H groups in total. The third-order valence-corrected chi connectivity index (χ3v) is 2.92. The molecule has 1 heterocycles. The molecule has 102 valence electrons. The molecule has 1 aromatic carbocycles. The van der Waals surface area contributed by atoms with Gasteiger partial charge in [-0.15, -0.1) is 0 Å². The van der Waals surface area contributed by atoms with Gasteiger partial charge in [0.1, 0.15) is 11.8 Å². The van der Waals surface area contributed by atoms with E-state index in [1.165, 1.54) is 0 Å². The minimum atomic E-state index is -0.654. The number of nitrogens with two attached hydrogens (primary N) is 1. The molecule has 0 radical (unpaired) electrons. The Labute approximate surface area is 111 Å². The molecular weight excluding hydrogens is 244 g/mol. The summed E-state index contributed by atoms with van der Waals surface area (Å²) in [5, 5.41) is 1.03. The zero-order valence-electron chi connectivity index (χ0n) is 11.1. The van der Waals surface area contributed by atoms with Gasteiger partial charge in [-0.05, 0) is 19.1 Å². The van der Waals surface area contributed by atoms with Crippen LogP contribution in [0.2, 0.25) is 0 Å². The van der Waals surface area contributed by atoms with Crippen molar-refractivity contribution in [2.45, 2.75) is 19.4 Å². The normalized spacial score (nSPS) is 12.4. The molecular formula is C14H18N2O3. The third kappa shape index (κ3) is 2.88. The summed E-state index contributed by atoms with van der Waals surface area (Å²) in [6, 6.07) is 7.10. The van der Waals surface area contributed by atoms with Gasteiger partial charge in [0.2, 0.25) is 0 Å². The van der Waals surface area contributed by atoms with Gasteiger partial charge in [0.05, 0.1) is 19.2 Å². The van der Waals surface area contributed by atoms with Crippen molar-refractivity contribution in [3.8, 4) is 5.75 Å². The first-order valence-corrected chi connectivity index (χ1v) is 6.22. The van der Waals surface area contributed by atoms with Crippen LogP contribution in [-0.2, 0) is 16.0 Å². The number of ether oxygens (including phenoxy) is 2. The Morgan fingerprint density at radius 2 is 2.26 bits per heavy atom. The summed E-state index contributed by atoms with van der Waals surface area (Å²) in [7, 11) is 1.62. The quantitative estimate of drug-likeness (QED) is 0.802. The van der Waals surface area contributed by atoms with Crippen molar-refractivity contribution in [2.24, 2.45) is 5.73 Å². The van der Waals surface area contributed by atoms with E-state index in [1.54, 1.807) is 14.0 Å². The van der Waals surface area contributed by atoms with Gasteiger partial charge in [-0.2, -0.15) is 0 Å². The topological polar surface area (TPSA) is 77.3 Å². The maximum atomic E-state index is 11.5. The Bertz CT molecular complexity index is 577. The van der Waals surface area contributed by atoms with Gasteiger partial charge in [0, 0.05) is 17.5 Å². The molecule has 1 unspecified atom stereocenters. The number of H-pyrrole nitrogens is 1. The fourth-order valence-corrected chi connectivity index (χ4v) is 2.04. The van der Waals surface area contributed by atoms with E-state index >= 15 is 0 Å². The number of nitrogens with one attached hydrogen (secondary N) is 1. The second-order valence-corrected chi connectivity index (χ2v) is 4.28. The number of aromatic nitrogens is 1. The molecule has 0 amide bonds. The Hall–Kier alpha value is -2.01. The van der Waals surface area contributed by atoms with Gasteiger partial charge in [0.15, 0.2) is 0 Å². The number of para-hydroxylation sites is 1. The van der Waals surface area contributed by atoms with Gasteiger partial charge in [-0.25, -0.2) is 0 Å². The minimum Gasteiger partial charge on any atom is -0.495 e. The zero-order chi connectivity index (χ0) is 13.8. The fraction of sp³-hybridized carbons (Fsp3) is 0.357. The van der Waals surface area contributed by atoms with Crippen LogP contribution in [0.5, 0.6) is 5.75 Å². The summed E-state index contributed by atoms with van der Waals surface area (Å²) in [4.78, 5) is 14.7. The standard InChI is InChI=1S/C14H18N2O3/c1-3-19-14(17)11(15)8-10-7-9-5-4-6-12(18-2)13(9)16-10/h4-7,11,16H,3,8,15H2,1-2H3. The van der Waals surface area contributed by atoms with E-state index in [2.05, 4.69) is 4.98 Å². The number of esters is 1. The molecule has 0 fully saturated rings. The van der Waals surface area contributed by atoms with Crippen LogP contribution in [0.3, 0.4) is 0 Å². The first-order chi connectivity index (χ1) is 9.15. The van der Waals surface area contributed by atoms with Gasteiger partial charge < -0.3 is 20.2 Å². The molecule has 1 aromatic heterocycles. The number of carbonyl (C=O) groups excluding carboxylic acids is 1. The van der Waals surface area contributed by atoms with Crippen LogP contribution in [0.1, 0.15) is 12.6 Å². The Kier molecular flexibility index (Phi) is 4.06. The number of fused-ring (bicyclic) bond motifs is 1. The zero-order valence-corrected chi connectivity index (χ0v) is 11.1. The molecule has 2 rings (SSSR count). The maximum absolute atomic E-state index is 11.5.